The van der Waals surface area contributed by atoms with Gasteiger partial charge in [0.25, 0.3) is 0 Å². The van der Waals surface area contributed by atoms with E-state index in [1.165, 1.54) is 22.7 Å². The summed E-state index contributed by atoms with van der Waals surface area (Å²) in [5.74, 6) is 1.04. The molecule has 0 bridgehead atoms. The minimum absolute atomic E-state index is 0.0411. The molecule has 5 nitrogen and oxygen atoms in total. The van der Waals surface area contributed by atoms with E-state index in [4.69, 9.17) is 0 Å². The van der Waals surface area contributed by atoms with Crippen molar-refractivity contribution in [1.82, 2.24) is 19.9 Å². The number of aryl methyl sites for hydroxylation is 1. The molecule has 0 aliphatic heterocycles. The number of aromatic nitrogens is 3. The monoisotopic (exact) mass is 370 g/mol. The first kappa shape index (κ1) is 18.7. The fraction of sp³-hybridized carbons (Fsp3) is 0.450. The zero-order valence-corrected chi connectivity index (χ0v) is 16.6. The van der Waals surface area contributed by atoms with Crippen LogP contribution in [0.3, 0.4) is 0 Å². The van der Waals surface area contributed by atoms with Crippen molar-refractivity contribution in [1.29, 1.82) is 0 Å². The van der Waals surface area contributed by atoms with Crippen molar-refractivity contribution in [2.75, 3.05) is 5.75 Å². The third kappa shape index (κ3) is 4.18. The second-order valence-electron chi connectivity index (χ2n) is 7.25. The summed E-state index contributed by atoms with van der Waals surface area (Å²) >= 11 is 1.43. The summed E-state index contributed by atoms with van der Waals surface area (Å²) in [6, 6.07) is 10.4. The molecule has 0 fully saturated rings. The largest absolute Gasteiger partial charge is 0.353 e. The van der Waals surface area contributed by atoms with Gasteiger partial charge in [-0.2, -0.15) is 0 Å². The zero-order valence-electron chi connectivity index (χ0n) is 15.8. The maximum atomic E-state index is 12.3. The number of benzene rings is 1. The average Bonchev–Trinajstić information content (AvgIpc) is 3.01. The van der Waals surface area contributed by atoms with Crippen molar-refractivity contribution in [2.24, 2.45) is 5.92 Å². The first-order valence-corrected chi connectivity index (χ1v) is 10.1. The van der Waals surface area contributed by atoms with Gasteiger partial charge < -0.3 is 5.32 Å². The Labute approximate surface area is 158 Å². The van der Waals surface area contributed by atoms with Crippen molar-refractivity contribution < 1.29 is 4.79 Å². The maximum absolute atomic E-state index is 12.3. The van der Waals surface area contributed by atoms with Gasteiger partial charge in [0.15, 0.2) is 10.8 Å². The summed E-state index contributed by atoms with van der Waals surface area (Å²) in [5, 5.41) is 13.6. The minimum Gasteiger partial charge on any atom is -0.353 e. The molecule has 1 atom stereocenters. The van der Waals surface area contributed by atoms with Crippen LogP contribution < -0.4 is 5.32 Å². The Morgan fingerprint density at radius 3 is 2.73 bits per heavy atom. The standard InChI is InChI=1S/C20H26N4OS/c1-13(2)9-10-15(4)21-19(25)12-26-20-23-22-18-11-14(3)16-7-5-6-8-17(16)24(18)20/h5-8,11,13,15H,9-10,12H2,1-4H3,(H,21,25). The Hall–Kier alpha value is -2.08. The van der Waals surface area contributed by atoms with E-state index in [-0.39, 0.29) is 11.9 Å². The molecule has 1 aromatic carbocycles. The Morgan fingerprint density at radius 1 is 1.19 bits per heavy atom. The minimum atomic E-state index is 0.0411. The van der Waals surface area contributed by atoms with Crippen molar-refractivity contribution in [3.63, 3.8) is 0 Å². The van der Waals surface area contributed by atoms with Crippen LogP contribution >= 0.6 is 11.8 Å². The van der Waals surface area contributed by atoms with Gasteiger partial charge in [-0.25, -0.2) is 0 Å². The molecule has 3 aromatic rings. The number of nitrogens with zero attached hydrogens (tertiary/aromatic N) is 3. The fourth-order valence-corrected chi connectivity index (χ4v) is 3.83. The third-order valence-electron chi connectivity index (χ3n) is 4.49. The van der Waals surface area contributed by atoms with E-state index in [1.54, 1.807) is 0 Å². The second kappa shape index (κ2) is 8.08. The van der Waals surface area contributed by atoms with Gasteiger partial charge in [0.2, 0.25) is 5.91 Å². The highest BCUT2D eigenvalue weighted by Gasteiger charge is 2.14. The number of rotatable bonds is 7. The van der Waals surface area contributed by atoms with E-state index in [0.29, 0.717) is 11.7 Å². The lowest BCUT2D eigenvalue weighted by atomic mass is 10.0. The number of fused-ring (bicyclic) bond motifs is 3. The Kier molecular flexibility index (Phi) is 5.81. The number of pyridine rings is 1. The number of hydrogen-bond acceptors (Lipinski definition) is 4. The molecule has 6 heteroatoms. The summed E-state index contributed by atoms with van der Waals surface area (Å²) in [5.41, 5.74) is 3.06. The SMILES string of the molecule is Cc1cc2nnc(SCC(=O)NC(C)CCC(C)C)n2c2ccccc12. The number of carbonyl (C=O) groups is 1. The van der Waals surface area contributed by atoms with Crippen molar-refractivity contribution in [3.8, 4) is 0 Å². The van der Waals surface area contributed by atoms with Gasteiger partial charge in [0.1, 0.15) is 0 Å². The van der Waals surface area contributed by atoms with Gasteiger partial charge in [-0.15, -0.1) is 10.2 Å². The average molecular weight is 371 g/mol. The zero-order chi connectivity index (χ0) is 18.7. The number of nitrogens with one attached hydrogen (secondary N) is 1. The van der Waals surface area contributed by atoms with E-state index in [9.17, 15) is 4.79 Å². The molecule has 3 rings (SSSR count). The van der Waals surface area contributed by atoms with Crippen LogP contribution in [0.25, 0.3) is 16.6 Å². The second-order valence-corrected chi connectivity index (χ2v) is 8.19. The van der Waals surface area contributed by atoms with Crippen LogP contribution in [0.5, 0.6) is 0 Å². The van der Waals surface area contributed by atoms with E-state index in [1.807, 2.05) is 22.6 Å². The molecule has 138 valence electrons. The summed E-state index contributed by atoms with van der Waals surface area (Å²) in [6.45, 7) is 8.54. The van der Waals surface area contributed by atoms with Crippen molar-refractivity contribution in [2.45, 2.75) is 51.7 Å². The molecule has 1 N–H and O–H groups in total. The lowest BCUT2D eigenvalue weighted by molar-refractivity contribution is -0.119. The van der Waals surface area contributed by atoms with E-state index in [0.717, 1.165) is 29.2 Å². The summed E-state index contributed by atoms with van der Waals surface area (Å²) < 4.78 is 2.03. The first-order valence-electron chi connectivity index (χ1n) is 9.11. The first-order chi connectivity index (χ1) is 12.5. The molecule has 0 saturated heterocycles. The molecular formula is C20H26N4OS. The van der Waals surface area contributed by atoms with E-state index in [2.05, 4.69) is 55.3 Å². The number of para-hydroxylation sites is 1. The maximum Gasteiger partial charge on any atom is 0.230 e. The lowest BCUT2D eigenvalue weighted by Gasteiger charge is -2.14. The summed E-state index contributed by atoms with van der Waals surface area (Å²) in [4.78, 5) is 12.3. The van der Waals surface area contributed by atoms with Crippen molar-refractivity contribution >= 4 is 34.2 Å². The highest BCUT2D eigenvalue weighted by molar-refractivity contribution is 7.99. The molecule has 0 radical (unpaired) electrons. The van der Waals surface area contributed by atoms with Crippen LogP contribution in [-0.2, 0) is 4.79 Å². The van der Waals surface area contributed by atoms with Gasteiger partial charge >= 0.3 is 0 Å². The topological polar surface area (TPSA) is 59.3 Å². The fourth-order valence-electron chi connectivity index (χ4n) is 3.07. The van der Waals surface area contributed by atoms with E-state index >= 15 is 0 Å². The Bertz CT molecular complexity index is 919. The molecular weight excluding hydrogens is 344 g/mol. The Morgan fingerprint density at radius 2 is 1.96 bits per heavy atom. The third-order valence-corrected chi connectivity index (χ3v) is 5.42. The van der Waals surface area contributed by atoms with Crippen LogP contribution in [0.1, 0.15) is 39.2 Å². The molecule has 26 heavy (non-hydrogen) atoms. The number of amides is 1. The molecule has 0 saturated carbocycles. The molecule has 2 aromatic heterocycles. The smallest absolute Gasteiger partial charge is 0.230 e. The number of thioether (sulfide) groups is 1. The van der Waals surface area contributed by atoms with Crippen LogP contribution in [0.15, 0.2) is 35.5 Å². The van der Waals surface area contributed by atoms with Crippen LogP contribution in [-0.4, -0.2) is 32.3 Å². The van der Waals surface area contributed by atoms with Crippen LogP contribution in [0.2, 0.25) is 0 Å². The molecule has 1 unspecified atom stereocenters. The Balaban J connectivity index is 1.72. The highest BCUT2D eigenvalue weighted by Crippen LogP contribution is 2.25. The van der Waals surface area contributed by atoms with E-state index < -0.39 is 0 Å². The van der Waals surface area contributed by atoms with Gasteiger partial charge in [-0.1, -0.05) is 43.8 Å². The van der Waals surface area contributed by atoms with Gasteiger partial charge in [0.05, 0.1) is 11.3 Å². The van der Waals surface area contributed by atoms with Crippen LogP contribution in [0.4, 0.5) is 0 Å². The van der Waals surface area contributed by atoms with Crippen molar-refractivity contribution in [3.05, 3.63) is 35.9 Å². The van der Waals surface area contributed by atoms with Gasteiger partial charge in [0, 0.05) is 11.4 Å². The lowest BCUT2D eigenvalue weighted by Crippen LogP contribution is -2.34. The highest BCUT2D eigenvalue weighted by atomic mass is 32.2. The number of hydrogen-bond donors (Lipinski definition) is 1. The van der Waals surface area contributed by atoms with Crippen LogP contribution in [0, 0.1) is 12.8 Å². The molecule has 0 aliphatic carbocycles. The molecule has 2 heterocycles. The van der Waals surface area contributed by atoms with Gasteiger partial charge in [-0.3, -0.25) is 9.20 Å². The molecule has 0 spiro atoms. The molecule has 1 amide bonds. The summed E-state index contributed by atoms with van der Waals surface area (Å²) in [6.07, 6.45) is 2.13. The normalized spacial score (nSPS) is 12.8. The molecule has 0 aliphatic rings. The predicted octanol–water partition coefficient (Wildman–Crippen LogP) is 4.22. The quantitative estimate of drug-likeness (QED) is 0.633. The van der Waals surface area contributed by atoms with Gasteiger partial charge in [-0.05, 0) is 50.3 Å². The predicted molar refractivity (Wildman–Crippen MR) is 108 cm³/mol. The number of carbonyl (C=O) groups excluding carboxylic acids is 1. The summed E-state index contributed by atoms with van der Waals surface area (Å²) in [7, 11) is 0.